The third-order valence-electron chi connectivity index (χ3n) is 9.01. The van der Waals surface area contributed by atoms with Crippen molar-refractivity contribution < 1.29 is 34.2 Å². The molecular weight excluding hydrogens is 530 g/mol. The minimum absolute atomic E-state index is 0.212. The van der Waals surface area contributed by atoms with Gasteiger partial charge < -0.3 is 19.8 Å². The summed E-state index contributed by atoms with van der Waals surface area (Å²) in [7, 11) is 0. The summed E-state index contributed by atoms with van der Waals surface area (Å²) in [6.07, 6.45) is 26.0. The molecule has 0 aliphatic heterocycles. The van der Waals surface area contributed by atoms with Gasteiger partial charge in [0.25, 0.3) is 0 Å². The first-order chi connectivity index (χ1) is 20.2. The number of carboxylic acid groups (broad SMARTS) is 3. The van der Waals surface area contributed by atoms with Crippen molar-refractivity contribution >= 4 is 17.9 Å². The van der Waals surface area contributed by atoms with Crippen molar-refractivity contribution in [1.82, 2.24) is 0 Å². The van der Waals surface area contributed by atoms with Crippen LogP contribution in [-0.2, 0) is 14.4 Å². The number of aliphatic carboxylic acids is 3. The summed E-state index contributed by atoms with van der Waals surface area (Å²) in [6.45, 7) is 9.06. The molecule has 7 nitrogen and oxygen atoms in total. The highest BCUT2D eigenvalue weighted by Gasteiger charge is 2.40. The Labute approximate surface area is 257 Å². The summed E-state index contributed by atoms with van der Waals surface area (Å²) in [5.74, 6) is -4.62. The molecule has 3 atom stereocenters. The van der Waals surface area contributed by atoms with Crippen molar-refractivity contribution in [2.45, 2.75) is 150 Å². The highest BCUT2D eigenvalue weighted by atomic mass is 16.4. The molecule has 0 aliphatic carbocycles. The summed E-state index contributed by atoms with van der Waals surface area (Å²) in [5.41, 5.74) is 0. The Hall–Kier alpha value is -1.89. The zero-order valence-corrected chi connectivity index (χ0v) is 27.7. The van der Waals surface area contributed by atoms with E-state index in [-0.39, 0.29) is 24.1 Å². The van der Waals surface area contributed by atoms with Crippen LogP contribution < -0.4 is 0 Å². The van der Waals surface area contributed by atoms with E-state index in [4.69, 9.17) is 0 Å². The molecule has 0 aliphatic rings. The monoisotopic (exact) mass is 596 g/mol. The highest BCUT2D eigenvalue weighted by Crippen LogP contribution is 2.25. The number of nitrogens with zero attached hydrogens (tertiary/aromatic N) is 1. The Bertz CT molecular complexity index is 677. The van der Waals surface area contributed by atoms with Gasteiger partial charge in [-0.3, -0.25) is 14.4 Å². The largest absolute Gasteiger partial charge is 0.481 e. The van der Waals surface area contributed by atoms with Crippen LogP contribution in [0.2, 0.25) is 0 Å². The molecule has 3 unspecified atom stereocenters. The molecule has 0 radical (unpaired) electrons. The zero-order chi connectivity index (χ0) is 31.6. The number of carboxylic acids is 3. The van der Waals surface area contributed by atoms with Crippen LogP contribution in [0, 0.1) is 17.8 Å². The summed E-state index contributed by atoms with van der Waals surface area (Å²) < 4.78 is 0.212. The molecule has 0 rings (SSSR count). The molecule has 0 aromatic rings. The van der Waals surface area contributed by atoms with Crippen LogP contribution in [0.1, 0.15) is 150 Å². The van der Waals surface area contributed by atoms with Crippen molar-refractivity contribution in [1.29, 1.82) is 0 Å². The van der Waals surface area contributed by atoms with E-state index in [0.29, 0.717) is 32.2 Å². The van der Waals surface area contributed by atoms with Gasteiger partial charge in [-0.05, 0) is 32.1 Å². The maximum atomic E-state index is 12.0. The van der Waals surface area contributed by atoms with Gasteiger partial charge in [-0.25, -0.2) is 0 Å². The summed E-state index contributed by atoms with van der Waals surface area (Å²) >= 11 is 0. The predicted molar refractivity (Wildman–Crippen MR) is 173 cm³/mol. The van der Waals surface area contributed by atoms with Gasteiger partial charge in [-0.1, -0.05) is 123 Å². The number of carbonyl (C=O) groups is 3. The number of unbranched alkanes of at least 4 members (excludes halogenated alkanes) is 14. The molecule has 0 heterocycles. The van der Waals surface area contributed by atoms with Crippen LogP contribution >= 0.6 is 0 Å². The van der Waals surface area contributed by atoms with Crippen LogP contribution in [0.4, 0.5) is 0 Å². The fourth-order valence-corrected chi connectivity index (χ4v) is 6.09. The molecule has 7 heteroatoms. The molecule has 0 saturated carbocycles. The maximum Gasteiger partial charge on any atom is 0.312 e. The molecular formula is C35H66NO6+. The molecule has 0 bridgehead atoms. The van der Waals surface area contributed by atoms with Crippen molar-refractivity contribution in [3.63, 3.8) is 0 Å². The average Bonchev–Trinajstić information content (AvgIpc) is 2.96. The number of quaternary nitrogens is 1. The smallest absolute Gasteiger partial charge is 0.312 e. The van der Waals surface area contributed by atoms with Gasteiger partial charge in [-0.15, -0.1) is 0 Å². The molecule has 0 saturated heterocycles. The molecule has 3 N–H and O–H groups in total. The Morgan fingerprint density at radius 2 is 0.810 bits per heavy atom. The Kier molecular flexibility index (Phi) is 24.4. The third-order valence-corrected chi connectivity index (χ3v) is 9.01. The Balaban J connectivity index is 4.78. The first-order valence-corrected chi connectivity index (χ1v) is 17.3. The summed E-state index contributed by atoms with van der Waals surface area (Å²) in [4.78, 5) is 35.9. The van der Waals surface area contributed by atoms with E-state index in [0.717, 1.165) is 12.8 Å². The van der Waals surface area contributed by atoms with E-state index in [9.17, 15) is 29.7 Å². The summed E-state index contributed by atoms with van der Waals surface area (Å²) in [5, 5.41) is 29.4. The van der Waals surface area contributed by atoms with Gasteiger partial charge in [0.15, 0.2) is 0 Å². The van der Waals surface area contributed by atoms with E-state index in [1.807, 2.05) is 20.8 Å². The molecule has 246 valence electrons. The number of rotatable bonds is 30. The lowest BCUT2D eigenvalue weighted by molar-refractivity contribution is -0.934. The van der Waals surface area contributed by atoms with Crippen LogP contribution in [0.15, 0.2) is 12.2 Å². The van der Waals surface area contributed by atoms with Crippen molar-refractivity contribution in [3.05, 3.63) is 12.2 Å². The van der Waals surface area contributed by atoms with Crippen LogP contribution in [-0.4, -0.2) is 63.9 Å². The second-order valence-electron chi connectivity index (χ2n) is 12.6. The maximum absolute atomic E-state index is 12.0. The van der Waals surface area contributed by atoms with Crippen molar-refractivity contribution in [3.8, 4) is 0 Å². The highest BCUT2D eigenvalue weighted by molar-refractivity contribution is 5.71. The molecule has 0 amide bonds. The topological polar surface area (TPSA) is 112 Å². The first-order valence-electron chi connectivity index (χ1n) is 17.3. The van der Waals surface area contributed by atoms with Gasteiger partial charge in [0.1, 0.15) is 17.8 Å². The fraction of sp³-hybridized carbons (Fsp3) is 0.857. The number of hydrogen-bond acceptors (Lipinski definition) is 3. The molecule has 0 spiro atoms. The Morgan fingerprint density at radius 3 is 1.12 bits per heavy atom. The molecule has 0 aromatic carbocycles. The van der Waals surface area contributed by atoms with Crippen molar-refractivity contribution in [2.75, 3.05) is 26.2 Å². The quantitative estimate of drug-likeness (QED) is 0.0433. The second kappa shape index (κ2) is 25.6. The normalized spacial score (nSPS) is 15.3. The lowest BCUT2D eigenvalue weighted by atomic mass is 9.96. The first kappa shape index (κ1) is 40.1. The minimum Gasteiger partial charge on any atom is -0.481 e. The lowest BCUT2D eigenvalue weighted by Crippen LogP contribution is -2.58. The lowest BCUT2D eigenvalue weighted by Gasteiger charge is -2.43. The van der Waals surface area contributed by atoms with E-state index in [2.05, 4.69) is 19.1 Å². The number of hydrogen-bond donors (Lipinski definition) is 3. The van der Waals surface area contributed by atoms with Crippen molar-refractivity contribution in [2.24, 2.45) is 17.8 Å². The molecule has 0 aromatic heterocycles. The molecule has 0 fully saturated rings. The van der Waals surface area contributed by atoms with Crippen LogP contribution in [0.25, 0.3) is 0 Å². The van der Waals surface area contributed by atoms with Gasteiger partial charge in [0, 0.05) is 6.42 Å². The Morgan fingerprint density at radius 1 is 0.500 bits per heavy atom. The van der Waals surface area contributed by atoms with E-state index in [1.54, 1.807) is 0 Å². The van der Waals surface area contributed by atoms with E-state index in [1.165, 1.54) is 83.5 Å². The second-order valence-corrected chi connectivity index (χ2v) is 12.6. The standard InChI is InChI=1S/C35H65NO6/c1-5-9-10-11-12-13-14-15-16-17-18-19-20-21-22-23-24-25-26-36(27-30(6-2)33(37)38,28-31(7-3)34(39)40)29-32(8-4)35(41)42/h23-24,30-32H,5-22,25-29H2,1-4H3,(H2-,37,38,39,40,41,42)/p+1/b24-23+. The van der Waals surface area contributed by atoms with Gasteiger partial charge in [0.2, 0.25) is 0 Å². The zero-order valence-electron chi connectivity index (χ0n) is 27.7. The van der Waals surface area contributed by atoms with Crippen LogP contribution in [0.5, 0.6) is 0 Å². The van der Waals surface area contributed by atoms with Gasteiger partial charge in [0.05, 0.1) is 26.2 Å². The average molecular weight is 597 g/mol. The van der Waals surface area contributed by atoms with Gasteiger partial charge in [-0.2, -0.15) is 0 Å². The van der Waals surface area contributed by atoms with E-state index >= 15 is 0 Å². The van der Waals surface area contributed by atoms with E-state index < -0.39 is 35.7 Å². The summed E-state index contributed by atoms with van der Waals surface area (Å²) in [6, 6.07) is 0. The molecule has 42 heavy (non-hydrogen) atoms. The van der Waals surface area contributed by atoms with Crippen LogP contribution in [0.3, 0.4) is 0 Å². The van der Waals surface area contributed by atoms with Gasteiger partial charge >= 0.3 is 17.9 Å². The minimum atomic E-state index is -0.903. The predicted octanol–water partition coefficient (Wildman–Crippen LogP) is 8.95. The SMILES string of the molecule is CCCCCCCCCCCCCCCC/C=C/CC[N+](CC(CC)C(=O)O)(CC(CC)C(=O)O)CC(CC)C(=O)O. The number of allylic oxidation sites excluding steroid dienone is 1. The third kappa shape index (κ3) is 19.3. The fourth-order valence-electron chi connectivity index (χ4n) is 6.09.